The van der Waals surface area contributed by atoms with E-state index in [0.29, 0.717) is 11.3 Å². The van der Waals surface area contributed by atoms with Gasteiger partial charge in [0.1, 0.15) is 17.5 Å². The van der Waals surface area contributed by atoms with Gasteiger partial charge in [0.15, 0.2) is 0 Å². The average molecular weight is 307 g/mol. The smallest absolute Gasteiger partial charge is 0.353 e. The summed E-state index contributed by atoms with van der Waals surface area (Å²) in [6.07, 6.45) is 1.60. The van der Waals surface area contributed by atoms with Gasteiger partial charge < -0.3 is 9.52 Å². The fraction of sp³-hybridized carbons (Fsp3) is 0. The molecule has 2 heterocycles. The molecule has 0 spiro atoms. The highest BCUT2D eigenvalue weighted by molar-refractivity contribution is 9.10. The van der Waals surface area contributed by atoms with E-state index in [9.17, 15) is 4.79 Å². The molecule has 0 saturated heterocycles. The minimum atomic E-state index is -1.04. The summed E-state index contributed by atoms with van der Waals surface area (Å²) in [5.41, 5.74) is 2.02. The minimum Gasteiger partial charge on any atom is -0.477 e. The summed E-state index contributed by atoms with van der Waals surface area (Å²) in [4.78, 5) is 10.8. The number of rotatable bonds is 2. The molecule has 90 valence electrons. The molecule has 0 aliphatic carbocycles. The molecule has 0 atom stereocenters. The van der Waals surface area contributed by atoms with Gasteiger partial charge in [-0.2, -0.15) is 5.10 Å². The molecule has 0 amide bonds. The summed E-state index contributed by atoms with van der Waals surface area (Å²) < 4.78 is 6.31. The van der Waals surface area contributed by atoms with Gasteiger partial charge in [-0.3, -0.25) is 5.10 Å². The second-order valence-corrected chi connectivity index (χ2v) is 4.59. The molecule has 0 aliphatic heterocycles. The van der Waals surface area contributed by atoms with Crippen molar-refractivity contribution >= 4 is 32.9 Å². The number of hydrogen-bond donors (Lipinski definition) is 2. The third-order valence-electron chi connectivity index (χ3n) is 2.64. The number of aromatic carboxylic acids is 1. The first-order valence-corrected chi connectivity index (χ1v) is 5.91. The van der Waals surface area contributed by atoms with Crippen LogP contribution in [0.5, 0.6) is 0 Å². The molecule has 18 heavy (non-hydrogen) atoms. The first-order valence-electron chi connectivity index (χ1n) is 5.11. The highest BCUT2D eigenvalue weighted by Crippen LogP contribution is 2.33. The third-order valence-corrected chi connectivity index (χ3v) is 3.25. The van der Waals surface area contributed by atoms with E-state index < -0.39 is 5.97 Å². The number of halogens is 1. The van der Waals surface area contributed by atoms with Crippen molar-refractivity contribution in [3.63, 3.8) is 0 Å². The van der Waals surface area contributed by atoms with Crippen LogP contribution in [0.2, 0.25) is 0 Å². The molecule has 2 aromatic heterocycles. The van der Waals surface area contributed by atoms with Crippen LogP contribution in [0.15, 0.2) is 39.4 Å². The van der Waals surface area contributed by atoms with E-state index >= 15 is 0 Å². The maximum atomic E-state index is 10.8. The number of aromatic nitrogens is 2. The Morgan fingerprint density at radius 3 is 3.00 bits per heavy atom. The minimum absolute atomic E-state index is 0.0487. The van der Waals surface area contributed by atoms with E-state index in [-0.39, 0.29) is 5.69 Å². The van der Waals surface area contributed by atoms with Crippen LogP contribution in [0, 0.1) is 0 Å². The van der Waals surface area contributed by atoms with E-state index in [4.69, 9.17) is 9.52 Å². The van der Waals surface area contributed by atoms with Crippen LogP contribution in [0.25, 0.3) is 22.2 Å². The van der Waals surface area contributed by atoms with Crippen molar-refractivity contribution in [3.05, 3.63) is 40.7 Å². The largest absolute Gasteiger partial charge is 0.477 e. The van der Waals surface area contributed by atoms with Crippen molar-refractivity contribution in [1.82, 2.24) is 10.2 Å². The lowest BCUT2D eigenvalue weighted by molar-refractivity contribution is 0.0690. The van der Waals surface area contributed by atoms with Crippen molar-refractivity contribution in [2.75, 3.05) is 0 Å². The highest BCUT2D eigenvalue weighted by Gasteiger charge is 2.14. The van der Waals surface area contributed by atoms with Gasteiger partial charge in [-0.05, 0) is 34.1 Å². The first kappa shape index (κ1) is 11.0. The quantitative estimate of drug-likeness (QED) is 0.761. The molecular formula is C12H7BrN2O3. The number of hydrogen-bond acceptors (Lipinski definition) is 3. The van der Waals surface area contributed by atoms with E-state index in [1.807, 2.05) is 18.2 Å². The van der Waals surface area contributed by atoms with E-state index in [1.165, 1.54) is 6.07 Å². The van der Waals surface area contributed by atoms with Gasteiger partial charge in [0.25, 0.3) is 0 Å². The molecular weight excluding hydrogens is 300 g/mol. The zero-order chi connectivity index (χ0) is 12.7. The Morgan fingerprint density at radius 1 is 1.44 bits per heavy atom. The van der Waals surface area contributed by atoms with Crippen LogP contribution in [0.3, 0.4) is 0 Å². The monoisotopic (exact) mass is 306 g/mol. The number of benzene rings is 1. The van der Waals surface area contributed by atoms with Crippen molar-refractivity contribution in [2.24, 2.45) is 0 Å². The molecule has 3 rings (SSSR count). The second kappa shape index (κ2) is 3.99. The van der Waals surface area contributed by atoms with Gasteiger partial charge in [0.2, 0.25) is 0 Å². The number of fused-ring (bicyclic) bond motifs is 1. The molecule has 0 bridgehead atoms. The lowest BCUT2D eigenvalue weighted by Crippen LogP contribution is -1.95. The van der Waals surface area contributed by atoms with Gasteiger partial charge in [-0.15, -0.1) is 0 Å². The number of furan rings is 1. The SMILES string of the molecule is O=C(O)c1cc(-c2cccc3c(Br)coc23)n[nH]1. The fourth-order valence-corrected chi connectivity index (χ4v) is 2.20. The Bertz CT molecular complexity index is 745. The highest BCUT2D eigenvalue weighted by atomic mass is 79.9. The average Bonchev–Trinajstić information content (AvgIpc) is 2.97. The van der Waals surface area contributed by atoms with E-state index in [1.54, 1.807) is 6.26 Å². The summed E-state index contributed by atoms with van der Waals surface area (Å²) in [7, 11) is 0. The lowest BCUT2D eigenvalue weighted by Gasteiger charge is -1.97. The normalized spacial score (nSPS) is 10.9. The molecule has 0 aliphatic rings. The van der Waals surface area contributed by atoms with Gasteiger partial charge in [0, 0.05) is 10.9 Å². The Kier molecular flexibility index (Phi) is 2.45. The summed E-state index contributed by atoms with van der Waals surface area (Å²) in [5.74, 6) is -1.04. The van der Waals surface area contributed by atoms with Crippen molar-refractivity contribution in [2.45, 2.75) is 0 Å². The molecule has 5 nitrogen and oxygen atoms in total. The maximum Gasteiger partial charge on any atom is 0.353 e. The fourth-order valence-electron chi connectivity index (χ4n) is 1.80. The van der Waals surface area contributed by atoms with Crippen molar-refractivity contribution in [3.8, 4) is 11.3 Å². The molecule has 0 unspecified atom stereocenters. The van der Waals surface area contributed by atoms with Crippen LogP contribution in [-0.4, -0.2) is 21.3 Å². The third kappa shape index (κ3) is 1.62. The predicted molar refractivity (Wildman–Crippen MR) is 68.5 cm³/mol. The van der Waals surface area contributed by atoms with Crippen LogP contribution in [0.4, 0.5) is 0 Å². The molecule has 0 saturated carbocycles. The lowest BCUT2D eigenvalue weighted by atomic mass is 10.1. The Labute approximate surface area is 110 Å². The van der Waals surface area contributed by atoms with Gasteiger partial charge >= 0.3 is 5.97 Å². The first-order chi connectivity index (χ1) is 8.66. The molecule has 0 radical (unpaired) electrons. The van der Waals surface area contributed by atoms with E-state index in [2.05, 4.69) is 26.1 Å². The Morgan fingerprint density at radius 2 is 2.28 bits per heavy atom. The van der Waals surface area contributed by atoms with E-state index in [0.717, 1.165) is 15.4 Å². The van der Waals surface area contributed by atoms with Crippen molar-refractivity contribution in [1.29, 1.82) is 0 Å². The number of carboxylic acids is 1. The van der Waals surface area contributed by atoms with Crippen LogP contribution in [-0.2, 0) is 0 Å². The number of carbonyl (C=O) groups is 1. The standard InChI is InChI=1S/C12H7BrN2O3/c13-8-5-18-11-6(8)2-1-3-7(11)9-4-10(12(16)17)15-14-9/h1-5H,(H,14,15)(H,16,17). The summed E-state index contributed by atoms with van der Waals surface area (Å²) in [6.45, 7) is 0. The number of carboxylic acid groups (broad SMARTS) is 1. The second-order valence-electron chi connectivity index (χ2n) is 3.74. The zero-order valence-electron chi connectivity index (χ0n) is 8.98. The molecule has 0 fully saturated rings. The maximum absolute atomic E-state index is 10.8. The zero-order valence-corrected chi connectivity index (χ0v) is 10.6. The summed E-state index contributed by atoms with van der Waals surface area (Å²) in [5, 5.41) is 16.2. The van der Waals surface area contributed by atoms with Gasteiger partial charge in [-0.25, -0.2) is 4.79 Å². The Balaban J connectivity index is 2.21. The number of para-hydroxylation sites is 1. The summed E-state index contributed by atoms with van der Waals surface area (Å²) in [6, 6.07) is 7.10. The van der Waals surface area contributed by atoms with Crippen LogP contribution >= 0.6 is 15.9 Å². The molecule has 1 aromatic carbocycles. The van der Waals surface area contributed by atoms with Gasteiger partial charge in [-0.1, -0.05) is 6.07 Å². The van der Waals surface area contributed by atoms with Crippen LogP contribution in [0.1, 0.15) is 10.5 Å². The Hall–Kier alpha value is -2.08. The molecule has 6 heteroatoms. The number of nitrogens with one attached hydrogen (secondary N) is 1. The number of aromatic amines is 1. The van der Waals surface area contributed by atoms with Crippen molar-refractivity contribution < 1.29 is 14.3 Å². The molecule has 3 aromatic rings. The topological polar surface area (TPSA) is 79.1 Å². The summed E-state index contributed by atoms with van der Waals surface area (Å²) >= 11 is 3.39. The van der Waals surface area contributed by atoms with Gasteiger partial charge in [0.05, 0.1) is 10.2 Å². The predicted octanol–water partition coefficient (Wildman–Crippen LogP) is 3.28. The number of nitrogens with zero attached hydrogens (tertiary/aromatic N) is 1. The molecule has 2 N–H and O–H groups in total. The number of H-pyrrole nitrogens is 1. The van der Waals surface area contributed by atoms with Crippen LogP contribution < -0.4 is 0 Å².